The van der Waals surface area contributed by atoms with Gasteiger partial charge in [0.25, 0.3) is 0 Å². The van der Waals surface area contributed by atoms with Crippen molar-refractivity contribution >= 4 is 41.5 Å². The molecule has 20 nitrogen and oxygen atoms in total. The molecule has 19 N–H and O–H groups in total. The molecule has 1 aliphatic heterocycles. The number of carboxylic acids is 1. The molecule has 0 aromatic carbocycles. The molecular weight excluding hydrogens is 714 g/mol. The van der Waals surface area contributed by atoms with Crippen molar-refractivity contribution in [3.8, 4) is 0 Å². The number of aliphatic imine (C=N–C) groups is 1. The average molecular weight is 784 g/mol. The maximum atomic E-state index is 13.9. The average Bonchev–Trinajstić information content (AvgIpc) is 3.70. The number of unbranched alkanes of at least 4 members (excludes halogenated alkanes) is 4. The number of nitrogens with one attached hydrogen (secondary N) is 6. The molecule has 316 valence electrons. The molecule has 1 saturated heterocycles. The van der Waals surface area contributed by atoms with Gasteiger partial charge < -0.3 is 71.4 Å². The van der Waals surface area contributed by atoms with Gasteiger partial charge in [-0.2, -0.15) is 0 Å². The van der Waals surface area contributed by atoms with E-state index >= 15 is 0 Å². The van der Waals surface area contributed by atoms with Gasteiger partial charge in [0.1, 0.15) is 30.2 Å². The van der Waals surface area contributed by atoms with Crippen LogP contribution < -0.4 is 66.3 Å². The second-order valence-corrected chi connectivity index (χ2v) is 13.9. The van der Waals surface area contributed by atoms with Crippen LogP contribution in [0.5, 0.6) is 0 Å². The molecular formula is C35H69N13O7. The Bertz CT molecular complexity index is 1200. The summed E-state index contributed by atoms with van der Waals surface area (Å²) in [6, 6.07) is -5.96. The molecule has 6 unspecified atom stereocenters. The topological polar surface area (TPSA) is 363 Å². The van der Waals surface area contributed by atoms with Crippen LogP contribution >= 0.6 is 0 Å². The molecule has 0 aromatic heterocycles. The van der Waals surface area contributed by atoms with Gasteiger partial charge in [0.05, 0.1) is 6.04 Å². The van der Waals surface area contributed by atoms with Gasteiger partial charge >= 0.3 is 5.97 Å². The molecule has 55 heavy (non-hydrogen) atoms. The van der Waals surface area contributed by atoms with Crippen LogP contribution in [0.3, 0.4) is 0 Å². The molecule has 0 aromatic rings. The van der Waals surface area contributed by atoms with Crippen LogP contribution in [0.15, 0.2) is 4.99 Å². The minimum absolute atomic E-state index is 0.0539. The van der Waals surface area contributed by atoms with E-state index in [1.54, 1.807) is 0 Å². The number of amides is 5. The largest absolute Gasteiger partial charge is 0.480 e. The summed E-state index contributed by atoms with van der Waals surface area (Å²) in [5.74, 6) is -4.28. The minimum Gasteiger partial charge on any atom is -0.480 e. The second kappa shape index (κ2) is 29.2. The normalized spacial score (nSPS) is 16.5. The molecule has 0 aliphatic carbocycles. The van der Waals surface area contributed by atoms with Crippen LogP contribution in [0, 0.1) is 0 Å². The molecule has 0 saturated carbocycles. The lowest BCUT2D eigenvalue weighted by molar-refractivity contribution is -0.142. The van der Waals surface area contributed by atoms with Gasteiger partial charge in [-0.15, -0.1) is 0 Å². The van der Waals surface area contributed by atoms with Crippen molar-refractivity contribution in [2.24, 2.45) is 39.4 Å². The summed E-state index contributed by atoms with van der Waals surface area (Å²) in [6.07, 6.45) is 6.91. The van der Waals surface area contributed by atoms with Crippen molar-refractivity contribution in [1.82, 2.24) is 31.9 Å². The van der Waals surface area contributed by atoms with E-state index in [0.29, 0.717) is 96.9 Å². The highest BCUT2D eigenvalue weighted by molar-refractivity contribution is 5.96. The van der Waals surface area contributed by atoms with E-state index in [-0.39, 0.29) is 50.5 Å². The van der Waals surface area contributed by atoms with E-state index < -0.39 is 65.8 Å². The Labute approximate surface area is 324 Å². The van der Waals surface area contributed by atoms with Crippen molar-refractivity contribution < 1.29 is 33.9 Å². The summed E-state index contributed by atoms with van der Waals surface area (Å²) < 4.78 is 0. The number of carboxylic acid groups (broad SMARTS) is 1. The van der Waals surface area contributed by atoms with Crippen molar-refractivity contribution in [2.45, 2.75) is 139 Å². The molecule has 6 atom stereocenters. The smallest absolute Gasteiger partial charge is 0.326 e. The standard InChI is InChI=1S/C35H69N13O7/c36-17-5-1-11-24(44-29(49)23-15-9-21-42-23)30(50)45-25(12-2-6-18-37)31(51)46-26(13-3-7-19-38)32(52)47-27(16-10-22-43-35(40)41)33(53)48-28(34(54)55)14-4-8-20-39/h23-28,42H,1-22,36-39H2,(H,44,49)(H,45,50)(H,46,51)(H,47,52)(H,48,53)(H,54,55)(H4,40,41,43). The monoisotopic (exact) mass is 784 g/mol. The number of hydrogen-bond donors (Lipinski definition) is 13. The summed E-state index contributed by atoms with van der Waals surface area (Å²) in [4.78, 5) is 83.7. The zero-order chi connectivity index (χ0) is 41.0. The maximum absolute atomic E-state index is 13.9. The van der Waals surface area contributed by atoms with Gasteiger partial charge in [0.15, 0.2) is 5.96 Å². The van der Waals surface area contributed by atoms with Crippen molar-refractivity contribution in [3.05, 3.63) is 0 Å². The predicted octanol–water partition coefficient (Wildman–Crippen LogP) is -3.18. The molecule has 0 spiro atoms. The first-order chi connectivity index (χ1) is 26.4. The third-order valence-corrected chi connectivity index (χ3v) is 9.26. The third-order valence-electron chi connectivity index (χ3n) is 9.26. The number of nitrogens with zero attached hydrogens (tertiary/aromatic N) is 1. The number of rotatable bonds is 31. The van der Waals surface area contributed by atoms with E-state index in [4.69, 9.17) is 34.4 Å². The maximum Gasteiger partial charge on any atom is 0.326 e. The van der Waals surface area contributed by atoms with Gasteiger partial charge in [0.2, 0.25) is 29.5 Å². The highest BCUT2D eigenvalue weighted by atomic mass is 16.4. The Morgan fingerprint density at radius 3 is 1.27 bits per heavy atom. The summed E-state index contributed by atoms with van der Waals surface area (Å²) in [6.45, 7) is 2.32. The van der Waals surface area contributed by atoms with Gasteiger partial charge in [-0.3, -0.25) is 29.0 Å². The lowest BCUT2D eigenvalue weighted by atomic mass is 10.0. The van der Waals surface area contributed by atoms with E-state index in [0.717, 1.165) is 6.42 Å². The van der Waals surface area contributed by atoms with Crippen LogP contribution in [0.1, 0.15) is 103 Å². The molecule has 5 amide bonds. The number of carbonyl (C=O) groups is 6. The fourth-order valence-corrected chi connectivity index (χ4v) is 6.08. The minimum atomic E-state index is -1.23. The summed E-state index contributed by atoms with van der Waals surface area (Å²) in [7, 11) is 0. The van der Waals surface area contributed by atoms with E-state index in [1.165, 1.54) is 0 Å². The Balaban J connectivity index is 3.28. The molecule has 0 bridgehead atoms. The molecule has 20 heteroatoms. The summed E-state index contributed by atoms with van der Waals surface area (Å²) in [5.41, 5.74) is 33.5. The quantitative estimate of drug-likeness (QED) is 0.0187. The zero-order valence-corrected chi connectivity index (χ0v) is 32.3. The van der Waals surface area contributed by atoms with E-state index in [2.05, 4.69) is 36.9 Å². The molecule has 1 rings (SSSR count). The first kappa shape index (κ1) is 48.9. The van der Waals surface area contributed by atoms with Gasteiger partial charge in [-0.1, -0.05) is 0 Å². The molecule has 1 fully saturated rings. The summed E-state index contributed by atoms with van der Waals surface area (Å²) in [5, 5.41) is 26.4. The Kier molecular flexibility index (Phi) is 26.0. The molecule has 0 radical (unpaired) electrons. The van der Waals surface area contributed by atoms with Crippen LogP contribution in [-0.4, -0.2) is 122 Å². The third kappa shape index (κ3) is 21.0. The number of aliphatic carboxylic acids is 1. The predicted molar refractivity (Wildman–Crippen MR) is 210 cm³/mol. The van der Waals surface area contributed by atoms with Crippen LogP contribution in [0.25, 0.3) is 0 Å². The highest BCUT2D eigenvalue weighted by Crippen LogP contribution is 2.11. The fourth-order valence-electron chi connectivity index (χ4n) is 6.08. The van der Waals surface area contributed by atoms with Gasteiger partial charge in [-0.05, 0) is 135 Å². The van der Waals surface area contributed by atoms with Gasteiger partial charge in [0, 0.05) is 6.54 Å². The Hall–Kier alpha value is -4.11. The van der Waals surface area contributed by atoms with E-state index in [9.17, 15) is 33.9 Å². The van der Waals surface area contributed by atoms with Gasteiger partial charge in [-0.25, -0.2) is 4.79 Å². The van der Waals surface area contributed by atoms with E-state index in [1.807, 2.05) is 0 Å². The SMILES string of the molecule is NCCCCC(NC(=O)C(CCCN=C(N)N)NC(=O)C(CCCCN)NC(=O)C(CCCCN)NC(=O)C(CCCCN)NC(=O)C1CCCN1)C(=O)O. The van der Waals surface area contributed by atoms with Crippen molar-refractivity contribution in [3.63, 3.8) is 0 Å². The molecule has 1 heterocycles. The number of carbonyl (C=O) groups excluding carboxylic acids is 5. The zero-order valence-electron chi connectivity index (χ0n) is 32.3. The second-order valence-electron chi connectivity index (χ2n) is 13.9. The lowest BCUT2D eigenvalue weighted by Crippen LogP contribution is -2.59. The highest BCUT2D eigenvalue weighted by Gasteiger charge is 2.33. The fraction of sp³-hybridized carbons (Fsp3) is 0.800. The van der Waals surface area contributed by atoms with Crippen molar-refractivity contribution in [2.75, 3.05) is 39.3 Å². The molecule has 1 aliphatic rings. The first-order valence-corrected chi connectivity index (χ1v) is 19.7. The van der Waals surface area contributed by atoms with Crippen LogP contribution in [-0.2, 0) is 28.8 Å². The Morgan fingerprint density at radius 2 is 0.927 bits per heavy atom. The number of hydrogen-bond acceptors (Lipinski definition) is 12. The number of guanidine groups is 1. The Morgan fingerprint density at radius 1 is 0.564 bits per heavy atom. The number of nitrogens with two attached hydrogens (primary N) is 6. The first-order valence-electron chi connectivity index (χ1n) is 19.7. The lowest BCUT2D eigenvalue weighted by Gasteiger charge is -2.27. The summed E-state index contributed by atoms with van der Waals surface area (Å²) >= 11 is 0. The van der Waals surface area contributed by atoms with Crippen molar-refractivity contribution in [1.29, 1.82) is 0 Å². The van der Waals surface area contributed by atoms with Crippen LogP contribution in [0.4, 0.5) is 0 Å². The van der Waals surface area contributed by atoms with Crippen LogP contribution in [0.2, 0.25) is 0 Å².